The third-order valence-electron chi connectivity index (χ3n) is 2.92. The van der Waals surface area contributed by atoms with Crippen LogP contribution in [0.25, 0.3) is 0 Å². The van der Waals surface area contributed by atoms with Gasteiger partial charge in [-0.25, -0.2) is 0 Å². The van der Waals surface area contributed by atoms with Crippen LogP contribution < -0.4 is 5.32 Å². The Morgan fingerprint density at radius 1 is 1.62 bits per heavy atom. The second kappa shape index (κ2) is 5.72. The van der Waals surface area contributed by atoms with Crippen LogP contribution in [-0.2, 0) is 16.0 Å². The third kappa shape index (κ3) is 2.60. The average Bonchev–Trinajstić information content (AvgIpc) is 2.75. The first-order chi connectivity index (χ1) is 7.85. The predicted octanol–water partition coefficient (Wildman–Crippen LogP) is 1.43. The Kier molecular flexibility index (Phi) is 4.29. The minimum atomic E-state index is 0.188. The van der Waals surface area contributed by atoms with Crippen molar-refractivity contribution in [1.29, 1.82) is 0 Å². The Hall–Kier alpha value is -0.490. The topological polar surface area (TPSA) is 43.4 Å². The minimum Gasteiger partial charge on any atom is -0.377 e. The monoisotopic (exact) mass is 242 g/mol. The molecule has 3 unspecified atom stereocenters. The number of hydrogen-bond donors (Lipinski definition) is 1. The van der Waals surface area contributed by atoms with Crippen molar-refractivity contribution in [2.45, 2.75) is 38.1 Å². The Balaban J connectivity index is 1.75. The van der Waals surface area contributed by atoms with Gasteiger partial charge in [-0.15, -0.1) is 11.3 Å². The highest BCUT2D eigenvalue weighted by Crippen LogP contribution is 2.27. The second-order valence-electron chi connectivity index (χ2n) is 3.88. The van der Waals surface area contributed by atoms with Crippen molar-refractivity contribution < 1.29 is 9.47 Å². The van der Waals surface area contributed by atoms with Gasteiger partial charge in [-0.2, -0.15) is 0 Å². The maximum Gasteiger partial charge on any atom is 0.0986 e. The third-order valence-corrected chi connectivity index (χ3v) is 3.70. The lowest BCUT2D eigenvalue weighted by Crippen LogP contribution is -2.59. The fourth-order valence-electron chi connectivity index (χ4n) is 2.04. The minimum absolute atomic E-state index is 0.188. The van der Waals surface area contributed by atoms with Crippen molar-refractivity contribution in [2.24, 2.45) is 0 Å². The molecule has 16 heavy (non-hydrogen) atoms. The predicted molar refractivity (Wildman–Crippen MR) is 63.6 cm³/mol. The Bertz CT molecular complexity index is 305. The average molecular weight is 242 g/mol. The van der Waals surface area contributed by atoms with Crippen molar-refractivity contribution in [2.75, 3.05) is 13.7 Å². The maximum atomic E-state index is 5.57. The van der Waals surface area contributed by atoms with E-state index in [4.69, 9.17) is 9.47 Å². The van der Waals surface area contributed by atoms with Gasteiger partial charge in [-0.05, 0) is 13.3 Å². The summed E-state index contributed by atoms with van der Waals surface area (Å²) in [5.41, 5.74) is 1.86. The van der Waals surface area contributed by atoms with E-state index in [1.165, 1.54) is 4.88 Å². The van der Waals surface area contributed by atoms with Crippen molar-refractivity contribution in [3.8, 4) is 0 Å². The standard InChI is InChI=1S/C11H18N2O2S/c1-3-15-10-4-9(11(10)14-2)13-6-8-5-12-7-16-8/h5,7,9-11,13H,3-4,6H2,1-2H3. The molecular weight excluding hydrogens is 224 g/mol. The van der Waals surface area contributed by atoms with Crippen LogP contribution in [0, 0.1) is 0 Å². The Morgan fingerprint density at radius 3 is 3.12 bits per heavy atom. The summed E-state index contributed by atoms with van der Waals surface area (Å²) in [5.74, 6) is 0. The van der Waals surface area contributed by atoms with Crippen LogP contribution in [0.4, 0.5) is 0 Å². The molecule has 1 aromatic heterocycles. The zero-order chi connectivity index (χ0) is 11.4. The van der Waals surface area contributed by atoms with E-state index >= 15 is 0 Å². The molecule has 0 radical (unpaired) electrons. The largest absolute Gasteiger partial charge is 0.377 e. The van der Waals surface area contributed by atoms with Crippen LogP contribution in [0.1, 0.15) is 18.2 Å². The highest BCUT2D eigenvalue weighted by atomic mass is 32.1. The van der Waals surface area contributed by atoms with Gasteiger partial charge < -0.3 is 14.8 Å². The summed E-state index contributed by atoms with van der Waals surface area (Å²) in [6, 6.07) is 0.406. The molecule has 1 saturated carbocycles. The lowest BCUT2D eigenvalue weighted by molar-refractivity contribution is -0.131. The summed E-state index contributed by atoms with van der Waals surface area (Å²) in [7, 11) is 1.75. The van der Waals surface area contributed by atoms with Gasteiger partial charge >= 0.3 is 0 Å². The van der Waals surface area contributed by atoms with E-state index in [1.807, 2.05) is 18.6 Å². The van der Waals surface area contributed by atoms with E-state index in [1.54, 1.807) is 18.4 Å². The summed E-state index contributed by atoms with van der Waals surface area (Å²) in [4.78, 5) is 5.31. The molecule has 0 saturated heterocycles. The fraction of sp³-hybridized carbons (Fsp3) is 0.727. The first kappa shape index (κ1) is 12.0. The Morgan fingerprint density at radius 2 is 2.50 bits per heavy atom. The zero-order valence-corrected chi connectivity index (χ0v) is 10.5. The molecular formula is C11H18N2O2S. The molecule has 1 aromatic rings. The van der Waals surface area contributed by atoms with E-state index in [0.29, 0.717) is 6.04 Å². The van der Waals surface area contributed by atoms with Crippen LogP contribution in [0.3, 0.4) is 0 Å². The molecule has 5 heteroatoms. The molecule has 3 atom stereocenters. The van der Waals surface area contributed by atoms with E-state index in [2.05, 4.69) is 10.3 Å². The Labute approximate surface area is 100.0 Å². The molecule has 1 heterocycles. The number of methoxy groups -OCH3 is 1. The molecule has 0 spiro atoms. The molecule has 0 aromatic carbocycles. The van der Waals surface area contributed by atoms with E-state index in [9.17, 15) is 0 Å². The summed E-state index contributed by atoms with van der Waals surface area (Å²) in [5, 5.41) is 3.48. The molecule has 0 amide bonds. The molecule has 1 fully saturated rings. The highest BCUT2D eigenvalue weighted by molar-refractivity contribution is 7.09. The zero-order valence-electron chi connectivity index (χ0n) is 9.68. The van der Waals surface area contributed by atoms with Crippen LogP contribution in [0.2, 0.25) is 0 Å². The molecule has 1 aliphatic carbocycles. The normalized spacial score (nSPS) is 29.0. The van der Waals surface area contributed by atoms with Gasteiger partial charge in [0.2, 0.25) is 0 Å². The second-order valence-corrected chi connectivity index (χ2v) is 4.86. The highest BCUT2D eigenvalue weighted by Gasteiger charge is 2.41. The van der Waals surface area contributed by atoms with Crippen LogP contribution >= 0.6 is 11.3 Å². The van der Waals surface area contributed by atoms with Gasteiger partial charge in [-0.3, -0.25) is 4.98 Å². The van der Waals surface area contributed by atoms with Crippen molar-refractivity contribution in [1.82, 2.24) is 10.3 Å². The van der Waals surface area contributed by atoms with Gasteiger partial charge in [0.1, 0.15) is 0 Å². The van der Waals surface area contributed by atoms with E-state index < -0.39 is 0 Å². The molecule has 90 valence electrons. The smallest absolute Gasteiger partial charge is 0.0986 e. The summed E-state index contributed by atoms with van der Waals surface area (Å²) >= 11 is 1.67. The molecule has 2 rings (SSSR count). The van der Waals surface area contributed by atoms with Gasteiger partial charge in [0.15, 0.2) is 0 Å². The lowest BCUT2D eigenvalue weighted by Gasteiger charge is -2.43. The molecule has 4 nitrogen and oxygen atoms in total. The molecule has 1 aliphatic rings. The summed E-state index contributed by atoms with van der Waals surface area (Å²) < 4.78 is 11.0. The van der Waals surface area contributed by atoms with Gasteiger partial charge in [0.05, 0.1) is 17.7 Å². The van der Waals surface area contributed by atoms with Crippen molar-refractivity contribution >= 4 is 11.3 Å². The number of thiazole rings is 1. The maximum absolute atomic E-state index is 5.57. The number of rotatable bonds is 6. The molecule has 0 bridgehead atoms. The fourth-order valence-corrected chi connectivity index (χ4v) is 2.58. The summed E-state index contributed by atoms with van der Waals surface area (Å²) in [6.45, 7) is 3.64. The first-order valence-corrected chi connectivity index (χ1v) is 6.48. The van der Waals surface area contributed by atoms with E-state index in [-0.39, 0.29) is 12.2 Å². The van der Waals surface area contributed by atoms with Crippen LogP contribution in [0.15, 0.2) is 11.7 Å². The summed E-state index contributed by atoms with van der Waals surface area (Å²) in [6.07, 6.45) is 3.38. The number of aromatic nitrogens is 1. The number of nitrogens with one attached hydrogen (secondary N) is 1. The molecule has 0 aliphatic heterocycles. The van der Waals surface area contributed by atoms with Crippen LogP contribution in [-0.4, -0.2) is 37.0 Å². The van der Waals surface area contributed by atoms with E-state index in [0.717, 1.165) is 19.6 Å². The van der Waals surface area contributed by atoms with Gasteiger partial charge in [0, 0.05) is 37.4 Å². The SMILES string of the molecule is CCOC1CC(NCc2cncs2)C1OC. The van der Waals surface area contributed by atoms with Gasteiger partial charge in [-0.1, -0.05) is 0 Å². The van der Waals surface area contributed by atoms with Crippen LogP contribution in [0.5, 0.6) is 0 Å². The quantitative estimate of drug-likeness (QED) is 0.819. The lowest BCUT2D eigenvalue weighted by atomic mass is 9.85. The number of ether oxygens (including phenoxy) is 2. The molecule has 1 N–H and O–H groups in total. The van der Waals surface area contributed by atoms with Gasteiger partial charge in [0.25, 0.3) is 0 Å². The van der Waals surface area contributed by atoms with Crippen molar-refractivity contribution in [3.05, 3.63) is 16.6 Å². The van der Waals surface area contributed by atoms with Crippen molar-refractivity contribution in [3.63, 3.8) is 0 Å². The number of hydrogen-bond acceptors (Lipinski definition) is 5. The first-order valence-electron chi connectivity index (χ1n) is 5.60. The number of nitrogens with zero attached hydrogens (tertiary/aromatic N) is 1.